The first-order valence-electron chi connectivity index (χ1n) is 5.82. The molecular weight excluding hydrogens is 254 g/mol. The molecule has 0 aliphatic carbocycles. The molecule has 5 nitrogen and oxygen atoms in total. The molecule has 2 N–H and O–H groups in total. The van der Waals surface area contributed by atoms with E-state index in [0.29, 0.717) is 5.69 Å². The number of rotatable bonds is 3. The second kappa shape index (κ2) is 5.67. The van der Waals surface area contributed by atoms with Crippen LogP contribution < -0.4 is 5.73 Å². The van der Waals surface area contributed by atoms with E-state index in [9.17, 15) is 10.1 Å². The number of benzene rings is 2. The van der Waals surface area contributed by atoms with Crippen molar-refractivity contribution in [2.24, 2.45) is 0 Å². The summed E-state index contributed by atoms with van der Waals surface area (Å²) >= 11 is 0. The van der Waals surface area contributed by atoms with Crippen molar-refractivity contribution >= 4 is 23.5 Å². The van der Waals surface area contributed by atoms with Gasteiger partial charge in [0.1, 0.15) is 11.6 Å². The fraction of sp³-hybridized carbons (Fsp3) is 0. The van der Waals surface area contributed by atoms with E-state index in [4.69, 9.17) is 11.0 Å². The number of hydrogen-bond acceptors (Lipinski definition) is 4. The summed E-state index contributed by atoms with van der Waals surface area (Å²) in [5.41, 5.74) is 7.83. The maximum atomic E-state index is 10.7. The van der Waals surface area contributed by atoms with Gasteiger partial charge in [-0.3, -0.25) is 10.1 Å². The molecule has 0 fully saturated rings. The molecule has 5 heteroatoms. The third-order valence-corrected chi connectivity index (χ3v) is 2.74. The minimum Gasteiger partial charge on any atom is -0.399 e. The second-order valence-electron chi connectivity index (χ2n) is 4.15. The molecule has 20 heavy (non-hydrogen) atoms. The van der Waals surface area contributed by atoms with Crippen molar-refractivity contribution in [3.8, 4) is 6.07 Å². The topological polar surface area (TPSA) is 93.0 Å². The van der Waals surface area contributed by atoms with Crippen LogP contribution in [0.3, 0.4) is 0 Å². The molecule has 0 aliphatic heterocycles. The normalized spacial score (nSPS) is 10.3. The molecule has 2 rings (SSSR count). The van der Waals surface area contributed by atoms with Crippen LogP contribution in [0.25, 0.3) is 12.2 Å². The molecule has 0 saturated heterocycles. The molecule has 0 spiro atoms. The Morgan fingerprint density at radius 2 is 1.70 bits per heavy atom. The molecule has 2 aromatic carbocycles. The molecule has 98 valence electrons. The van der Waals surface area contributed by atoms with Gasteiger partial charge in [-0.1, -0.05) is 24.3 Å². The van der Waals surface area contributed by atoms with Crippen molar-refractivity contribution in [1.82, 2.24) is 0 Å². The molecule has 0 radical (unpaired) electrons. The van der Waals surface area contributed by atoms with Crippen LogP contribution in [0.2, 0.25) is 0 Å². The predicted octanol–water partition coefficient (Wildman–Crippen LogP) is 3.22. The van der Waals surface area contributed by atoms with Crippen molar-refractivity contribution in [2.75, 3.05) is 5.73 Å². The minimum absolute atomic E-state index is 0.0504. The van der Waals surface area contributed by atoms with Gasteiger partial charge in [0.2, 0.25) is 0 Å². The number of anilines is 1. The van der Waals surface area contributed by atoms with Crippen molar-refractivity contribution in [3.63, 3.8) is 0 Å². The van der Waals surface area contributed by atoms with E-state index >= 15 is 0 Å². The highest BCUT2D eigenvalue weighted by atomic mass is 16.6. The smallest absolute Gasteiger partial charge is 0.287 e. The third kappa shape index (κ3) is 3.00. The van der Waals surface area contributed by atoms with E-state index in [1.54, 1.807) is 24.3 Å². The predicted molar refractivity (Wildman–Crippen MR) is 77.6 cm³/mol. The summed E-state index contributed by atoms with van der Waals surface area (Å²) in [5, 5.41) is 19.6. The third-order valence-electron chi connectivity index (χ3n) is 2.74. The van der Waals surface area contributed by atoms with Crippen molar-refractivity contribution < 1.29 is 4.92 Å². The van der Waals surface area contributed by atoms with Crippen LogP contribution >= 0.6 is 0 Å². The van der Waals surface area contributed by atoms with Crippen LogP contribution in [-0.2, 0) is 0 Å². The van der Waals surface area contributed by atoms with Gasteiger partial charge >= 0.3 is 0 Å². The van der Waals surface area contributed by atoms with Crippen LogP contribution in [0.4, 0.5) is 11.4 Å². The van der Waals surface area contributed by atoms with Gasteiger partial charge in [-0.25, -0.2) is 0 Å². The molecule has 0 unspecified atom stereocenters. The summed E-state index contributed by atoms with van der Waals surface area (Å²) in [5.74, 6) is 0. The summed E-state index contributed by atoms with van der Waals surface area (Å²) in [6.45, 7) is 0. The lowest BCUT2D eigenvalue weighted by atomic mass is 10.1. The zero-order valence-electron chi connectivity index (χ0n) is 10.5. The van der Waals surface area contributed by atoms with Crippen molar-refractivity contribution in [2.45, 2.75) is 0 Å². The molecule has 0 amide bonds. The molecule has 0 bridgehead atoms. The Balaban J connectivity index is 2.28. The van der Waals surface area contributed by atoms with Crippen LogP contribution in [0.5, 0.6) is 0 Å². The SMILES string of the molecule is N#Cc1cc(C=Cc2ccc(N)cc2)ccc1[N+](=O)[O-]. The second-order valence-corrected chi connectivity index (χ2v) is 4.15. The lowest BCUT2D eigenvalue weighted by Crippen LogP contribution is -1.92. The fourth-order valence-corrected chi connectivity index (χ4v) is 1.71. The number of nitriles is 1. The van der Waals surface area contributed by atoms with Crippen molar-refractivity contribution in [1.29, 1.82) is 5.26 Å². The number of nitrogens with two attached hydrogens (primary N) is 1. The number of nitrogen functional groups attached to an aromatic ring is 1. The largest absolute Gasteiger partial charge is 0.399 e. The Bertz CT molecular complexity index is 713. The standard InChI is InChI=1S/C15H11N3O2/c16-10-13-9-12(5-8-15(13)18(19)20)2-1-11-3-6-14(17)7-4-11/h1-9H,17H2. The van der Waals surface area contributed by atoms with Gasteiger partial charge in [0.15, 0.2) is 0 Å². The van der Waals surface area contributed by atoms with E-state index < -0.39 is 4.92 Å². The minimum atomic E-state index is -0.563. The van der Waals surface area contributed by atoms with Crippen LogP contribution in [0.1, 0.15) is 16.7 Å². The monoisotopic (exact) mass is 265 g/mol. The van der Waals surface area contributed by atoms with Gasteiger partial charge in [0.25, 0.3) is 5.69 Å². The fourth-order valence-electron chi connectivity index (χ4n) is 1.71. The Morgan fingerprint density at radius 1 is 1.10 bits per heavy atom. The number of nitro groups is 1. The summed E-state index contributed by atoms with van der Waals surface area (Å²) < 4.78 is 0. The average molecular weight is 265 g/mol. The van der Waals surface area contributed by atoms with Gasteiger partial charge in [-0.2, -0.15) is 5.26 Å². The highest BCUT2D eigenvalue weighted by molar-refractivity contribution is 5.72. The van der Waals surface area contributed by atoms with Crippen molar-refractivity contribution in [3.05, 3.63) is 69.3 Å². The number of hydrogen-bond donors (Lipinski definition) is 1. The highest BCUT2D eigenvalue weighted by Crippen LogP contribution is 2.20. The molecule has 0 aliphatic rings. The average Bonchev–Trinajstić information content (AvgIpc) is 2.46. The summed E-state index contributed by atoms with van der Waals surface area (Å²) in [7, 11) is 0. The lowest BCUT2D eigenvalue weighted by Gasteiger charge is -1.98. The Hall–Kier alpha value is -3.13. The van der Waals surface area contributed by atoms with E-state index in [1.165, 1.54) is 12.1 Å². The van der Waals surface area contributed by atoms with Crippen LogP contribution in [-0.4, -0.2) is 4.92 Å². The number of nitro benzene ring substituents is 1. The first-order chi connectivity index (χ1) is 9.60. The summed E-state index contributed by atoms with van der Waals surface area (Å²) in [4.78, 5) is 10.2. The number of nitrogens with zero attached hydrogens (tertiary/aromatic N) is 2. The van der Waals surface area contributed by atoms with E-state index in [1.807, 2.05) is 24.3 Å². The molecule has 0 atom stereocenters. The van der Waals surface area contributed by atoms with Gasteiger partial charge in [-0.15, -0.1) is 0 Å². The van der Waals surface area contributed by atoms with E-state index in [0.717, 1.165) is 11.1 Å². The zero-order chi connectivity index (χ0) is 14.5. The van der Waals surface area contributed by atoms with Crippen LogP contribution in [0.15, 0.2) is 42.5 Å². The van der Waals surface area contributed by atoms with E-state index in [-0.39, 0.29) is 11.3 Å². The van der Waals surface area contributed by atoms with Gasteiger partial charge in [0.05, 0.1) is 4.92 Å². The van der Waals surface area contributed by atoms with Gasteiger partial charge in [-0.05, 0) is 35.4 Å². The first kappa shape index (κ1) is 13.3. The summed E-state index contributed by atoms with van der Waals surface area (Å²) in [6.07, 6.45) is 3.64. The van der Waals surface area contributed by atoms with Gasteiger partial charge in [0, 0.05) is 11.8 Å². The molecular formula is C15H11N3O2. The molecule has 2 aromatic rings. The highest BCUT2D eigenvalue weighted by Gasteiger charge is 2.12. The van der Waals surface area contributed by atoms with E-state index in [2.05, 4.69) is 0 Å². The lowest BCUT2D eigenvalue weighted by molar-refractivity contribution is -0.385. The first-order valence-corrected chi connectivity index (χ1v) is 5.82. The molecule has 0 aromatic heterocycles. The molecule has 0 saturated carbocycles. The quantitative estimate of drug-likeness (QED) is 0.399. The molecule has 0 heterocycles. The maximum absolute atomic E-state index is 10.7. The zero-order valence-corrected chi connectivity index (χ0v) is 10.5. The maximum Gasteiger partial charge on any atom is 0.287 e. The van der Waals surface area contributed by atoms with Gasteiger partial charge < -0.3 is 5.73 Å². The Morgan fingerprint density at radius 3 is 2.30 bits per heavy atom. The Labute approximate surface area is 115 Å². The summed E-state index contributed by atoms with van der Waals surface area (Å²) in [6, 6.07) is 13.6. The Kier molecular flexibility index (Phi) is 3.77. The van der Waals surface area contributed by atoms with Crippen LogP contribution in [0, 0.1) is 21.4 Å².